The first kappa shape index (κ1) is 15.0. The molecule has 0 saturated heterocycles. The van der Waals surface area contributed by atoms with Crippen LogP contribution in [0.15, 0.2) is 0 Å². The Balaban J connectivity index is 2.35. The van der Waals surface area contributed by atoms with Gasteiger partial charge in [0.2, 0.25) is 0 Å². The summed E-state index contributed by atoms with van der Waals surface area (Å²) in [4.78, 5) is 0. The SMILES string of the molecule is CCCCCC1CCCCCC1CNC(C)C. The first-order valence-corrected chi connectivity index (χ1v) is 7.97. The Bertz CT molecular complexity index is 176. The minimum atomic E-state index is 0.648. The Morgan fingerprint density at radius 1 is 1.00 bits per heavy atom. The molecule has 0 heterocycles. The molecule has 1 N–H and O–H groups in total. The van der Waals surface area contributed by atoms with Crippen molar-refractivity contribution in [3.05, 3.63) is 0 Å². The maximum atomic E-state index is 3.66. The number of nitrogens with one attached hydrogen (secondary N) is 1. The summed E-state index contributed by atoms with van der Waals surface area (Å²) in [5, 5.41) is 3.66. The van der Waals surface area contributed by atoms with E-state index in [-0.39, 0.29) is 0 Å². The standard InChI is InChI=1S/C16H33N/c1-4-5-7-10-15-11-8-6-9-12-16(15)13-17-14(2)3/h14-17H,4-13H2,1-3H3. The van der Waals surface area contributed by atoms with Crippen molar-refractivity contribution in [3.8, 4) is 0 Å². The summed E-state index contributed by atoms with van der Waals surface area (Å²) in [6.45, 7) is 8.10. The molecule has 1 heteroatoms. The van der Waals surface area contributed by atoms with Crippen LogP contribution in [0.25, 0.3) is 0 Å². The average Bonchev–Trinajstić information content (AvgIpc) is 2.52. The maximum absolute atomic E-state index is 3.66. The molecule has 2 unspecified atom stereocenters. The molecular formula is C16H33N. The van der Waals surface area contributed by atoms with E-state index in [0.717, 1.165) is 11.8 Å². The van der Waals surface area contributed by atoms with Crippen LogP contribution < -0.4 is 5.32 Å². The summed E-state index contributed by atoms with van der Waals surface area (Å²) in [6, 6.07) is 0.648. The van der Waals surface area contributed by atoms with Crippen LogP contribution in [-0.2, 0) is 0 Å². The van der Waals surface area contributed by atoms with E-state index >= 15 is 0 Å². The van der Waals surface area contributed by atoms with Crippen molar-refractivity contribution in [2.45, 2.75) is 84.6 Å². The van der Waals surface area contributed by atoms with Crippen LogP contribution in [0.4, 0.5) is 0 Å². The molecule has 1 nitrogen and oxygen atoms in total. The van der Waals surface area contributed by atoms with E-state index in [4.69, 9.17) is 0 Å². The first-order chi connectivity index (χ1) is 8.24. The van der Waals surface area contributed by atoms with Gasteiger partial charge in [-0.25, -0.2) is 0 Å². The molecule has 0 aromatic heterocycles. The van der Waals surface area contributed by atoms with E-state index in [1.54, 1.807) is 0 Å². The Labute approximate surface area is 109 Å². The highest BCUT2D eigenvalue weighted by molar-refractivity contribution is 4.76. The molecule has 1 aliphatic carbocycles. The average molecular weight is 239 g/mol. The topological polar surface area (TPSA) is 12.0 Å². The van der Waals surface area contributed by atoms with Gasteiger partial charge >= 0.3 is 0 Å². The molecule has 0 bridgehead atoms. The van der Waals surface area contributed by atoms with Crippen molar-refractivity contribution in [2.75, 3.05) is 6.54 Å². The third kappa shape index (κ3) is 6.45. The summed E-state index contributed by atoms with van der Waals surface area (Å²) in [6.07, 6.45) is 13.1. The molecule has 2 atom stereocenters. The third-order valence-corrected chi connectivity index (χ3v) is 4.28. The van der Waals surface area contributed by atoms with Gasteiger partial charge in [-0.1, -0.05) is 72.1 Å². The lowest BCUT2D eigenvalue weighted by Crippen LogP contribution is -2.32. The Morgan fingerprint density at radius 2 is 1.71 bits per heavy atom. The van der Waals surface area contributed by atoms with Crippen molar-refractivity contribution >= 4 is 0 Å². The summed E-state index contributed by atoms with van der Waals surface area (Å²) in [7, 11) is 0. The van der Waals surface area contributed by atoms with E-state index in [1.165, 1.54) is 64.3 Å². The normalized spacial score (nSPS) is 26.1. The van der Waals surface area contributed by atoms with Crippen LogP contribution in [0.3, 0.4) is 0 Å². The molecule has 1 fully saturated rings. The van der Waals surface area contributed by atoms with Crippen molar-refractivity contribution in [1.82, 2.24) is 5.32 Å². The third-order valence-electron chi connectivity index (χ3n) is 4.28. The Morgan fingerprint density at radius 3 is 2.35 bits per heavy atom. The number of unbranched alkanes of at least 4 members (excludes halogenated alkanes) is 2. The minimum Gasteiger partial charge on any atom is -0.314 e. The van der Waals surface area contributed by atoms with Gasteiger partial charge in [0.15, 0.2) is 0 Å². The highest BCUT2D eigenvalue weighted by atomic mass is 14.9. The molecule has 1 aliphatic rings. The van der Waals surface area contributed by atoms with Crippen LogP contribution in [0.2, 0.25) is 0 Å². The zero-order valence-electron chi connectivity index (χ0n) is 12.3. The van der Waals surface area contributed by atoms with E-state index < -0.39 is 0 Å². The quantitative estimate of drug-likeness (QED) is 0.499. The van der Waals surface area contributed by atoms with Crippen LogP contribution in [0.1, 0.15) is 78.6 Å². The van der Waals surface area contributed by atoms with E-state index in [1.807, 2.05) is 0 Å². The van der Waals surface area contributed by atoms with Gasteiger partial charge in [-0.15, -0.1) is 0 Å². The fraction of sp³-hybridized carbons (Fsp3) is 1.00. The van der Waals surface area contributed by atoms with E-state index in [2.05, 4.69) is 26.1 Å². The molecule has 0 aliphatic heterocycles. The van der Waals surface area contributed by atoms with Crippen molar-refractivity contribution in [3.63, 3.8) is 0 Å². The van der Waals surface area contributed by atoms with Gasteiger partial charge in [0.1, 0.15) is 0 Å². The fourth-order valence-electron chi connectivity index (χ4n) is 3.15. The van der Waals surface area contributed by atoms with Crippen LogP contribution in [0, 0.1) is 11.8 Å². The highest BCUT2D eigenvalue weighted by Crippen LogP contribution is 2.32. The highest BCUT2D eigenvalue weighted by Gasteiger charge is 2.22. The van der Waals surface area contributed by atoms with Crippen LogP contribution in [-0.4, -0.2) is 12.6 Å². The molecule has 102 valence electrons. The molecule has 0 radical (unpaired) electrons. The first-order valence-electron chi connectivity index (χ1n) is 7.97. The fourth-order valence-corrected chi connectivity index (χ4v) is 3.15. The lowest BCUT2D eigenvalue weighted by Gasteiger charge is -2.26. The predicted octanol–water partition coefficient (Wildman–Crippen LogP) is 4.76. The second-order valence-corrected chi connectivity index (χ2v) is 6.22. The van der Waals surface area contributed by atoms with Crippen molar-refractivity contribution < 1.29 is 0 Å². The largest absolute Gasteiger partial charge is 0.314 e. The van der Waals surface area contributed by atoms with Crippen LogP contribution in [0.5, 0.6) is 0 Å². The summed E-state index contributed by atoms with van der Waals surface area (Å²) < 4.78 is 0. The van der Waals surface area contributed by atoms with Gasteiger partial charge in [-0.3, -0.25) is 0 Å². The minimum absolute atomic E-state index is 0.648. The second-order valence-electron chi connectivity index (χ2n) is 6.22. The molecule has 0 spiro atoms. The molecule has 17 heavy (non-hydrogen) atoms. The Hall–Kier alpha value is -0.0400. The van der Waals surface area contributed by atoms with Crippen molar-refractivity contribution in [1.29, 1.82) is 0 Å². The van der Waals surface area contributed by atoms with E-state index in [9.17, 15) is 0 Å². The molecule has 1 saturated carbocycles. The van der Waals surface area contributed by atoms with Crippen LogP contribution >= 0.6 is 0 Å². The summed E-state index contributed by atoms with van der Waals surface area (Å²) in [5.41, 5.74) is 0. The number of rotatable bonds is 7. The monoisotopic (exact) mass is 239 g/mol. The lowest BCUT2D eigenvalue weighted by atomic mass is 9.84. The van der Waals surface area contributed by atoms with E-state index in [0.29, 0.717) is 6.04 Å². The molecule has 1 rings (SSSR count). The molecule has 0 aromatic carbocycles. The van der Waals surface area contributed by atoms with Gasteiger partial charge in [0.05, 0.1) is 0 Å². The lowest BCUT2D eigenvalue weighted by molar-refractivity contribution is 0.271. The summed E-state index contributed by atoms with van der Waals surface area (Å²) in [5.74, 6) is 1.96. The predicted molar refractivity (Wildman–Crippen MR) is 77.3 cm³/mol. The summed E-state index contributed by atoms with van der Waals surface area (Å²) >= 11 is 0. The number of hydrogen-bond acceptors (Lipinski definition) is 1. The molecule has 0 amide bonds. The zero-order valence-corrected chi connectivity index (χ0v) is 12.3. The van der Waals surface area contributed by atoms with Crippen molar-refractivity contribution in [2.24, 2.45) is 11.8 Å². The maximum Gasteiger partial charge on any atom is 0.00104 e. The smallest absolute Gasteiger partial charge is 0.00104 e. The number of hydrogen-bond donors (Lipinski definition) is 1. The molecular weight excluding hydrogens is 206 g/mol. The Kier molecular flexibility index (Phi) is 7.92. The van der Waals surface area contributed by atoms with Gasteiger partial charge in [0.25, 0.3) is 0 Å². The molecule has 0 aromatic rings. The van der Waals surface area contributed by atoms with Gasteiger partial charge in [0, 0.05) is 6.04 Å². The van der Waals surface area contributed by atoms with Gasteiger partial charge in [-0.2, -0.15) is 0 Å². The zero-order chi connectivity index (χ0) is 12.5. The van der Waals surface area contributed by atoms with Gasteiger partial charge < -0.3 is 5.32 Å². The second kappa shape index (κ2) is 8.97. The van der Waals surface area contributed by atoms with Gasteiger partial charge in [-0.05, 0) is 24.8 Å².